The lowest BCUT2D eigenvalue weighted by Gasteiger charge is -2.34. The second kappa shape index (κ2) is 6.73. The van der Waals surface area contributed by atoms with Crippen molar-refractivity contribution in [3.05, 3.63) is 28.2 Å². The third-order valence-corrected chi connectivity index (χ3v) is 4.15. The molecule has 4 heteroatoms. The Morgan fingerprint density at radius 2 is 2.21 bits per heavy atom. The van der Waals surface area contributed by atoms with E-state index in [0.29, 0.717) is 19.2 Å². The molecule has 1 aliphatic rings. The fourth-order valence-electron chi connectivity index (χ4n) is 2.34. The number of nitrogens with one attached hydrogen (secondary N) is 1. The lowest BCUT2D eigenvalue weighted by molar-refractivity contribution is 0.0952. The molecule has 2 rings (SSSR count). The van der Waals surface area contributed by atoms with Gasteiger partial charge in [0.2, 0.25) is 0 Å². The highest BCUT2D eigenvalue weighted by atomic mass is 79.9. The van der Waals surface area contributed by atoms with Crippen molar-refractivity contribution in [2.75, 3.05) is 13.2 Å². The van der Waals surface area contributed by atoms with Gasteiger partial charge in [-0.2, -0.15) is 0 Å². The van der Waals surface area contributed by atoms with E-state index in [4.69, 9.17) is 4.74 Å². The summed E-state index contributed by atoms with van der Waals surface area (Å²) >= 11 is 3.46. The van der Waals surface area contributed by atoms with Crippen LogP contribution in [0, 0.1) is 12.8 Å². The molecule has 0 heterocycles. The van der Waals surface area contributed by atoms with Crippen LogP contribution in [0.2, 0.25) is 0 Å². The summed E-state index contributed by atoms with van der Waals surface area (Å²) in [6.45, 7) is 5.21. The number of ether oxygens (including phenoxy) is 1. The highest BCUT2D eigenvalue weighted by Gasteiger charge is 2.25. The molecule has 0 aliphatic heterocycles. The van der Waals surface area contributed by atoms with Gasteiger partial charge in [-0.1, -0.05) is 13.0 Å². The van der Waals surface area contributed by atoms with Gasteiger partial charge in [-0.3, -0.25) is 0 Å². The summed E-state index contributed by atoms with van der Waals surface area (Å²) in [6.07, 6.45) is 1.97. The SMILES string of the molecule is Cc1ccc(OCC(O)CNC2CC(C)C2)c(Br)c1. The summed E-state index contributed by atoms with van der Waals surface area (Å²) in [6, 6.07) is 6.51. The fourth-order valence-corrected chi connectivity index (χ4v) is 2.95. The molecule has 1 aromatic carbocycles. The van der Waals surface area contributed by atoms with Crippen molar-refractivity contribution in [2.45, 2.75) is 38.8 Å². The van der Waals surface area contributed by atoms with Gasteiger partial charge in [-0.15, -0.1) is 0 Å². The van der Waals surface area contributed by atoms with Gasteiger partial charge in [-0.25, -0.2) is 0 Å². The molecule has 3 nitrogen and oxygen atoms in total. The lowest BCUT2D eigenvalue weighted by atomic mass is 9.82. The molecule has 1 aliphatic carbocycles. The summed E-state index contributed by atoms with van der Waals surface area (Å²) in [7, 11) is 0. The zero-order chi connectivity index (χ0) is 13.8. The van der Waals surface area contributed by atoms with Crippen LogP contribution in [0.3, 0.4) is 0 Å². The number of aryl methyl sites for hydroxylation is 1. The molecular weight excluding hydrogens is 306 g/mol. The summed E-state index contributed by atoms with van der Waals surface area (Å²) in [5, 5.41) is 13.3. The van der Waals surface area contributed by atoms with Crippen molar-refractivity contribution in [2.24, 2.45) is 5.92 Å². The fraction of sp³-hybridized carbons (Fsp3) is 0.600. The number of benzene rings is 1. The summed E-state index contributed by atoms with van der Waals surface area (Å²) in [4.78, 5) is 0. The monoisotopic (exact) mass is 327 g/mol. The molecule has 0 spiro atoms. The maximum Gasteiger partial charge on any atom is 0.133 e. The molecule has 0 saturated heterocycles. The number of aliphatic hydroxyl groups excluding tert-OH is 1. The second-order valence-corrected chi connectivity index (χ2v) is 6.43. The first kappa shape index (κ1) is 14.8. The second-order valence-electron chi connectivity index (χ2n) is 5.58. The minimum atomic E-state index is -0.468. The maximum absolute atomic E-state index is 9.89. The van der Waals surface area contributed by atoms with E-state index in [1.165, 1.54) is 18.4 Å². The molecule has 19 heavy (non-hydrogen) atoms. The molecule has 1 atom stereocenters. The van der Waals surface area contributed by atoms with Crippen LogP contribution in [-0.4, -0.2) is 30.4 Å². The molecule has 1 unspecified atom stereocenters. The minimum Gasteiger partial charge on any atom is -0.490 e. The molecule has 0 amide bonds. The quantitative estimate of drug-likeness (QED) is 0.844. The van der Waals surface area contributed by atoms with Crippen molar-refractivity contribution >= 4 is 15.9 Å². The molecule has 1 saturated carbocycles. The van der Waals surface area contributed by atoms with Crippen molar-refractivity contribution < 1.29 is 9.84 Å². The van der Waals surface area contributed by atoms with Gasteiger partial charge in [0.05, 0.1) is 4.47 Å². The first-order chi connectivity index (χ1) is 9.04. The van der Waals surface area contributed by atoms with Crippen molar-refractivity contribution in [1.29, 1.82) is 0 Å². The first-order valence-corrected chi connectivity index (χ1v) is 7.64. The average molecular weight is 328 g/mol. The van der Waals surface area contributed by atoms with E-state index in [0.717, 1.165) is 16.1 Å². The largest absolute Gasteiger partial charge is 0.490 e. The minimum absolute atomic E-state index is 0.316. The molecule has 0 aromatic heterocycles. The molecule has 1 fully saturated rings. The number of halogens is 1. The van der Waals surface area contributed by atoms with Crippen LogP contribution < -0.4 is 10.1 Å². The Hall–Kier alpha value is -0.580. The van der Waals surface area contributed by atoms with Gasteiger partial charge in [0.25, 0.3) is 0 Å². The smallest absolute Gasteiger partial charge is 0.133 e. The van der Waals surface area contributed by atoms with Gasteiger partial charge < -0.3 is 15.2 Å². The zero-order valence-electron chi connectivity index (χ0n) is 11.5. The van der Waals surface area contributed by atoms with E-state index in [1.807, 2.05) is 25.1 Å². The van der Waals surface area contributed by atoms with Crippen molar-refractivity contribution in [1.82, 2.24) is 5.32 Å². The third kappa shape index (κ3) is 4.48. The zero-order valence-corrected chi connectivity index (χ0v) is 13.1. The summed E-state index contributed by atoms with van der Waals surface area (Å²) < 4.78 is 6.55. The van der Waals surface area contributed by atoms with Crippen LogP contribution >= 0.6 is 15.9 Å². The lowest BCUT2D eigenvalue weighted by Crippen LogP contribution is -2.44. The Morgan fingerprint density at radius 1 is 1.47 bits per heavy atom. The molecule has 106 valence electrons. The van der Waals surface area contributed by atoms with Crippen molar-refractivity contribution in [3.8, 4) is 5.75 Å². The summed E-state index contributed by atoms with van der Waals surface area (Å²) in [5.74, 6) is 1.61. The molecule has 1 aromatic rings. The van der Waals surface area contributed by atoms with E-state index < -0.39 is 6.10 Å². The van der Waals surface area contributed by atoms with Gasteiger partial charge in [-0.05, 0) is 59.3 Å². The standard InChI is InChI=1S/C15H22BrNO2/c1-10-3-4-15(14(16)7-10)19-9-13(18)8-17-12-5-11(2)6-12/h3-4,7,11-13,17-18H,5-6,8-9H2,1-2H3. The third-order valence-electron chi connectivity index (χ3n) is 3.53. The normalized spacial score (nSPS) is 23.8. The van der Waals surface area contributed by atoms with E-state index in [2.05, 4.69) is 28.2 Å². The van der Waals surface area contributed by atoms with E-state index >= 15 is 0 Å². The average Bonchev–Trinajstić information content (AvgIpc) is 2.32. The molecule has 2 N–H and O–H groups in total. The molecular formula is C15H22BrNO2. The van der Waals surface area contributed by atoms with Gasteiger partial charge in [0, 0.05) is 12.6 Å². The van der Waals surface area contributed by atoms with E-state index in [1.54, 1.807) is 0 Å². The summed E-state index contributed by atoms with van der Waals surface area (Å²) in [5.41, 5.74) is 1.18. The molecule has 0 bridgehead atoms. The van der Waals surface area contributed by atoms with Crippen molar-refractivity contribution in [3.63, 3.8) is 0 Å². The number of aliphatic hydroxyl groups is 1. The van der Waals surface area contributed by atoms with E-state index in [9.17, 15) is 5.11 Å². The molecule has 0 radical (unpaired) electrons. The predicted octanol–water partition coefficient (Wildman–Crippen LogP) is 2.89. The van der Waals surface area contributed by atoms with E-state index in [-0.39, 0.29) is 0 Å². The van der Waals surface area contributed by atoms with Crippen LogP contribution in [0.1, 0.15) is 25.3 Å². The Labute approximate surface area is 123 Å². The van der Waals surface area contributed by atoms with Crippen LogP contribution in [0.15, 0.2) is 22.7 Å². The number of hydrogen-bond donors (Lipinski definition) is 2. The number of hydrogen-bond acceptors (Lipinski definition) is 3. The van der Waals surface area contributed by atoms with Crippen LogP contribution in [0.4, 0.5) is 0 Å². The van der Waals surface area contributed by atoms with Gasteiger partial charge >= 0.3 is 0 Å². The topological polar surface area (TPSA) is 41.5 Å². The Balaban J connectivity index is 1.69. The Bertz CT molecular complexity index is 419. The highest BCUT2D eigenvalue weighted by Crippen LogP contribution is 2.27. The first-order valence-electron chi connectivity index (χ1n) is 6.85. The Kier molecular flexibility index (Phi) is 5.25. The Morgan fingerprint density at radius 3 is 2.84 bits per heavy atom. The van der Waals surface area contributed by atoms with Crippen LogP contribution in [-0.2, 0) is 0 Å². The van der Waals surface area contributed by atoms with Gasteiger partial charge in [0.1, 0.15) is 18.5 Å². The number of rotatable bonds is 6. The highest BCUT2D eigenvalue weighted by molar-refractivity contribution is 9.10. The maximum atomic E-state index is 9.89. The van der Waals surface area contributed by atoms with Crippen LogP contribution in [0.25, 0.3) is 0 Å². The predicted molar refractivity (Wildman–Crippen MR) is 80.6 cm³/mol. The van der Waals surface area contributed by atoms with Crippen LogP contribution in [0.5, 0.6) is 5.75 Å². The van der Waals surface area contributed by atoms with Gasteiger partial charge in [0.15, 0.2) is 0 Å².